The summed E-state index contributed by atoms with van der Waals surface area (Å²) in [5.74, 6) is 0. The van der Waals surface area contributed by atoms with E-state index in [1.165, 1.54) is 64.2 Å². The van der Waals surface area contributed by atoms with E-state index in [-0.39, 0.29) is 0 Å². The van der Waals surface area contributed by atoms with E-state index in [9.17, 15) is 0 Å². The lowest BCUT2D eigenvalue weighted by atomic mass is 9.61. The van der Waals surface area contributed by atoms with E-state index in [1.54, 1.807) is 0 Å². The van der Waals surface area contributed by atoms with Gasteiger partial charge in [-0.1, -0.05) is 38.5 Å². The molecular weight excluding hydrogens is 210 g/mol. The van der Waals surface area contributed by atoms with Crippen molar-refractivity contribution in [3.05, 3.63) is 0 Å². The molecule has 1 spiro atoms. The lowest BCUT2D eigenvalue weighted by molar-refractivity contribution is -0.155. The van der Waals surface area contributed by atoms with Crippen LogP contribution in [0.2, 0.25) is 0 Å². The Hall–Kier alpha value is -0.0800. The molecule has 0 aromatic carbocycles. The molecule has 0 radical (unpaired) electrons. The molecule has 0 amide bonds. The summed E-state index contributed by atoms with van der Waals surface area (Å²) in [7, 11) is 0. The highest BCUT2D eigenvalue weighted by Gasteiger charge is 2.55. The minimum atomic E-state index is 0.395. The Kier molecular flexibility index (Phi) is 3.45. The van der Waals surface area contributed by atoms with Crippen LogP contribution in [-0.2, 0) is 4.74 Å². The third kappa shape index (κ3) is 2.15. The molecule has 0 aliphatic heterocycles. The first-order chi connectivity index (χ1) is 8.31. The van der Waals surface area contributed by atoms with Gasteiger partial charge in [0.15, 0.2) is 0 Å². The fourth-order valence-electron chi connectivity index (χ4n) is 4.31. The van der Waals surface area contributed by atoms with Crippen molar-refractivity contribution in [1.29, 1.82) is 0 Å². The van der Waals surface area contributed by atoms with Gasteiger partial charge in [-0.3, -0.25) is 0 Å². The lowest BCUT2D eigenvalue weighted by Crippen LogP contribution is -2.61. The number of nitrogens with two attached hydrogens (primary N) is 1. The maximum Gasteiger partial charge on any atom is 0.0664 e. The third-order valence-corrected chi connectivity index (χ3v) is 5.54. The predicted molar refractivity (Wildman–Crippen MR) is 69.9 cm³/mol. The van der Waals surface area contributed by atoms with Gasteiger partial charge in [-0.25, -0.2) is 0 Å². The maximum absolute atomic E-state index is 6.44. The molecule has 3 aliphatic carbocycles. The van der Waals surface area contributed by atoms with Gasteiger partial charge in [0.25, 0.3) is 0 Å². The van der Waals surface area contributed by atoms with E-state index in [2.05, 4.69) is 0 Å². The highest BCUT2D eigenvalue weighted by atomic mass is 16.5. The predicted octanol–water partition coefficient (Wildman–Crippen LogP) is 3.39. The Morgan fingerprint density at radius 1 is 0.882 bits per heavy atom. The highest BCUT2D eigenvalue weighted by Crippen LogP contribution is 2.54. The molecule has 0 heterocycles. The summed E-state index contributed by atoms with van der Waals surface area (Å²) < 4.78 is 6.44. The summed E-state index contributed by atoms with van der Waals surface area (Å²) in [4.78, 5) is 0. The van der Waals surface area contributed by atoms with Crippen molar-refractivity contribution in [2.45, 2.75) is 88.9 Å². The molecule has 2 unspecified atom stereocenters. The molecule has 0 aromatic heterocycles. The summed E-state index contributed by atoms with van der Waals surface area (Å²) in [6, 6.07) is 0.431. The topological polar surface area (TPSA) is 35.2 Å². The van der Waals surface area contributed by atoms with Crippen LogP contribution in [0.1, 0.15) is 70.6 Å². The first-order valence-corrected chi connectivity index (χ1v) is 7.72. The van der Waals surface area contributed by atoms with Crippen LogP contribution in [0, 0.1) is 5.41 Å². The van der Waals surface area contributed by atoms with Crippen LogP contribution in [0.5, 0.6) is 0 Å². The summed E-state index contributed by atoms with van der Waals surface area (Å²) >= 11 is 0. The first kappa shape index (κ1) is 12.0. The standard InChI is InChI=1S/C15H27NO/c16-13-11-14(15(13)9-5-6-10-15)17-12-7-3-1-2-4-8-12/h12-14H,1-11,16H2. The molecule has 3 rings (SSSR count). The molecule has 2 heteroatoms. The fraction of sp³-hybridized carbons (Fsp3) is 1.00. The van der Waals surface area contributed by atoms with Gasteiger partial charge >= 0.3 is 0 Å². The molecule has 0 bridgehead atoms. The largest absolute Gasteiger partial charge is 0.374 e. The Morgan fingerprint density at radius 2 is 1.53 bits per heavy atom. The Morgan fingerprint density at radius 3 is 2.12 bits per heavy atom. The normalized spacial score (nSPS) is 37.9. The number of hydrogen-bond donors (Lipinski definition) is 1. The van der Waals surface area contributed by atoms with Crippen LogP contribution >= 0.6 is 0 Å². The van der Waals surface area contributed by atoms with Gasteiger partial charge in [-0.05, 0) is 32.1 Å². The zero-order valence-electron chi connectivity index (χ0n) is 11.0. The second kappa shape index (κ2) is 4.89. The molecule has 0 aromatic rings. The maximum atomic E-state index is 6.44. The second-order valence-electron chi connectivity index (χ2n) is 6.52. The van der Waals surface area contributed by atoms with E-state index in [0.29, 0.717) is 23.7 Å². The molecule has 3 fully saturated rings. The summed E-state index contributed by atoms with van der Waals surface area (Å²) in [5, 5.41) is 0. The zero-order valence-corrected chi connectivity index (χ0v) is 11.0. The Bertz CT molecular complexity index is 252. The van der Waals surface area contributed by atoms with E-state index in [0.717, 1.165) is 6.42 Å². The Balaban J connectivity index is 1.57. The van der Waals surface area contributed by atoms with Crippen LogP contribution in [0.3, 0.4) is 0 Å². The van der Waals surface area contributed by atoms with Gasteiger partial charge in [-0.2, -0.15) is 0 Å². The molecule has 2 atom stereocenters. The van der Waals surface area contributed by atoms with E-state index < -0.39 is 0 Å². The number of ether oxygens (including phenoxy) is 1. The van der Waals surface area contributed by atoms with E-state index in [4.69, 9.17) is 10.5 Å². The van der Waals surface area contributed by atoms with Crippen molar-refractivity contribution in [2.24, 2.45) is 11.1 Å². The number of rotatable bonds is 2. The molecule has 98 valence electrons. The zero-order chi connectivity index (χ0) is 11.7. The van der Waals surface area contributed by atoms with Crippen molar-refractivity contribution in [3.63, 3.8) is 0 Å². The van der Waals surface area contributed by atoms with Gasteiger partial charge in [0.2, 0.25) is 0 Å². The average molecular weight is 237 g/mol. The monoisotopic (exact) mass is 237 g/mol. The lowest BCUT2D eigenvalue weighted by Gasteiger charge is -2.53. The average Bonchev–Trinajstić information content (AvgIpc) is 2.73. The van der Waals surface area contributed by atoms with Crippen molar-refractivity contribution in [2.75, 3.05) is 0 Å². The van der Waals surface area contributed by atoms with Crippen LogP contribution in [0.4, 0.5) is 0 Å². The Labute approximate surface area is 105 Å². The molecule has 3 saturated carbocycles. The van der Waals surface area contributed by atoms with Gasteiger partial charge in [0.1, 0.15) is 0 Å². The molecule has 17 heavy (non-hydrogen) atoms. The van der Waals surface area contributed by atoms with Gasteiger partial charge in [-0.15, -0.1) is 0 Å². The first-order valence-electron chi connectivity index (χ1n) is 7.72. The van der Waals surface area contributed by atoms with E-state index in [1.807, 2.05) is 0 Å². The van der Waals surface area contributed by atoms with Crippen molar-refractivity contribution >= 4 is 0 Å². The molecule has 0 saturated heterocycles. The summed E-state index contributed by atoms with van der Waals surface area (Å²) in [6.07, 6.45) is 15.7. The minimum absolute atomic E-state index is 0.395. The molecular formula is C15H27NO. The minimum Gasteiger partial charge on any atom is -0.374 e. The molecule has 2 N–H and O–H groups in total. The van der Waals surface area contributed by atoms with Gasteiger partial charge < -0.3 is 10.5 Å². The van der Waals surface area contributed by atoms with Gasteiger partial charge in [0, 0.05) is 11.5 Å². The third-order valence-electron chi connectivity index (χ3n) is 5.54. The number of hydrogen-bond acceptors (Lipinski definition) is 2. The van der Waals surface area contributed by atoms with Crippen LogP contribution in [-0.4, -0.2) is 18.2 Å². The summed E-state index contributed by atoms with van der Waals surface area (Å²) in [5.41, 5.74) is 6.66. The highest BCUT2D eigenvalue weighted by molar-refractivity contribution is 5.08. The fourth-order valence-corrected chi connectivity index (χ4v) is 4.31. The second-order valence-corrected chi connectivity index (χ2v) is 6.52. The SMILES string of the molecule is NC1CC(OC2CCCCCC2)C12CCCC2. The van der Waals surface area contributed by atoms with Crippen LogP contribution < -0.4 is 5.73 Å². The smallest absolute Gasteiger partial charge is 0.0664 e. The van der Waals surface area contributed by atoms with Gasteiger partial charge in [0.05, 0.1) is 12.2 Å². The van der Waals surface area contributed by atoms with Crippen LogP contribution in [0.25, 0.3) is 0 Å². The quantitative estimate of drug-likeness (QED) is 0.747. The van der Waals surface area contributed by atoms with Crippen molar-refractivity contribution < 1.29 is 4.74 Å². The summed E-state index contributed by atoms with van der Waals surface area (Å²) in [6.45, 7) is 0. The molecule has 2 nitrogen and oxygen atoms in total. The van der Waals surface area contributed by atoms with Crippen molar-refractivity contribution in [3.8, 4) is 0 Å². The van der Waals surface area contributed by atoms with E-state index >= 15 is 0 Å². The van der Waals surface area contributed by atoms with Crippen molar-refractivity contribution in [1.82, 2.24) is 0 Å². The van der Waals surface area contributed by atoms with Crippen LogP contribution in [0.15, 0.2) is 0 Å². The molecule has 3 aliphatic rings.